The molecular weight excluding hydrogens is 358 g/mol. The van der Waals surface area contributed by atoms with Gasteiger partial charge in [0, 0.05) is 10.0 Å². The number of nitrogens with two attached hydrogens (primary N) is 1. The van der Waals surface area contributed by atoms with Crippen molar-refractivity contribution in [3.63, 3.8) is 0 Å². The lowest BCUT2D eigenvalue weighted by molar-refractivity contribution is 0.0472. The lowest BCUT2D eigenvalue weighted by atomic mass is 10.1. The van der Waals surface area contributed by atoms with E-state index in [1.165, 1.54) is 0 Å². The summed E-state index contributed by atoms with van der Waals surface area (Å²) in [4.78, 5) is 22.9. The van der Waals surface area contributed by atoms with Crippen LogP contribution in [0.4, 0.5) is 0 Å². The summed E-state index contributed by atoms with van der Waals surface area (Å²) in [5.41, 5.74) is 6.59. The maximum Gasteiger partial charge on any atom is 0.340 e. The molecule has 0 saturated carbocycles. The topological polar surface area (TPSA) is 69.4 Å². The van der Waals surface area contributed by atoms with Crippen LogP contribution in [0, 0.1) is 0 Å². The molecule has 0 aliphatic heterocycles. The monoisotopic (exact) mass is 367 g/mol. The van der Waals surface area contributed by atoms with Gasteiger partial charge in [0.1, 0.15) is 6.61 Å². The molecule has 1 amide bonds. The molecule has 0 saturated heterocycles. The van der Waals surface area contributed by atoms with Gasteiger partial charge in [-0.05, 0) is 35.9 Å². The Morgan fingerprint density at radius 2 is 1.81 bits per heavy atom. The first-order valence-electron chi connectivity index (χ1n) is 5.98. The van der Waals surface area contributed by atoms with Crippen molar-refractivity contribution < 1.29 is 14.3 Å². The summed E-state index contributed by atoms with van der Waals surface area (Å²) < 4.78 is 5.93. The number of amides is 1. The van der Waals surface area contributed by atoms with Crippen molar-refractivity contribution in [3.8, 4) is 0 Å². The molecule has 2 aromatic carbocycles. The molecule has 108 valence electrons. The molecule has 0 spiro atoms. The number of rotatable bonds is 4. The number of ether oxygens (including phenoxy) is 1. The lowest BCUT2D eigenvalue weighted by Crippen LogP contribution is -2.11. The third kappa shape index (κ3) is 4.06. The average Bonchev–Trinajstić information content (AvgIpc) is 2.47. The molecule has 0 aromatic heterocycles. The van der Waals surface area contributed by atoms with Crippen LogP contribution < -0.4 is 5.73 Å². The maximum atomic E-state index is 12.0. The minimum Gasteiger partial charge on any atom is -0.457 e. The number of primary amides is 1. The molecule has 0 unspecified atom stereocenters. The number of benzene rings is 2. The summed E-state index contributed by atoms with van der Waals surface area (Å²) in [6, 6.07) is 11.5. The SMILES string of the molecule is NC(=O)c1ccc(COC(=O)c2cc(Br)ccc2Cl)cc1. The quantitative estimate of drug-likeness (QED) is 0.839. The largest absolute Gasteiger partial charge is 0.457 e. The smallest absolute Gasteiger partial charge is 0.340 e. The predicted molar refractivity (Wildman–Crippen MR) is 83.2 cm³/mol. The summed E-state index contributed by atoms with van der Waals surface area (Å²) in [7, 11) is 0. The fourth-order valence-electron chi connectivity index (χ4n) is 1.65. The minimum atomic E-state index is -0.514. The zero-order valence-corrected chi connectivity index (χ0v) is 13.1. The number of carbonyl (C=O) groups excluding carboxylic acids is 2. The fourth-order valence-corrected chi connectivity index (χ4v) is 2.20. The molecule has 2 N–H and O–H groups in total. The Labute approximate surface area is 135 Å². The van der Waals surface area contributed by atoms with Gasteiger partial charge in [-0.3, -0.25) is 4.79 Å². The summed E-state index contributed by atoms with van der Waals surface area (Å²) in [5.74, 6) is -1.01. The standard InChI is InChI=1S/C15H11BrClNO3/c16-11-5-6-13(17)12(7-11)15(20)21-8-9-1-3-10(4-2-9)14(18)19/h1-7H,8H2,(H2,18,19). The van der Waals surface area contributed by atoms with E-state index in [0.717, 1.165) is 10.0 Å². The van der Waals surface area contributed by atoms with Crippen LogP contribution in [-0.2, 0) is 11.3 Å². The van der Waals surface area contributed by atoms with Gasteiger partial charge in [0.05, 0.1) is 10.6 Å². The fraction of sp³-hybridized carbons (Fsp3) is 0.0667. The Hall–Kier alpha value is -1.85. The van der Waals surface area contributed by atoms with E-state index in [9.17, 15) is 9.59 Å². The van der Waals surface area contributed by atoms with E-state index < -0.39 is 11.9 Å². The van der Waals surface area contributed by atoms with Crippen LogP contribution in [0.3, 0.4) is 0 Å². The van der Waals surface area contributed by atoms with Crippen LogP contribution >= 0.6 is 27.5 Å². The van der Waals surface area contributed by atoms with E-state index in [1.54, 1.807) is 42.5 Å². The summed E-state index contributed by atoms with van der Waals surface area (Å²) in [6.45, 7) is 0.0840. The van der Waals surface area contributed by atoms with E-state index in [4.69, 9.17) is 22.1 Å². The molecule has 0 aliphatic carbocycles. The summed E-state index contributed by atoms with van der Waals surface area (Å²) >= 11 is 9.23. The van der Waals surface area contributed by atoms with Crippen LogP contribution in [0.2, 0.25) is 5.02 Å². The molecule has 0 atom stereocenters. The van der Waals surface area contributed by atoms with E-state index in [-0.39, 0.29) is 6.61 Å². The van der Waals surface area contributed by atoms with Gasteiger partial charge >= 0.3 is 5.97 Å². The molecule has 21 heavy (non-hydrogen) atoms. The molecule has 4 nitrogen and oxygen atoms in total. The highest BCUT2D eigenvalue weighted by Crippen LogP contribution is 2.22. The van der Waals surface area contributed by atoms with Crippen molar-refractivity contribution in [1.29, 1.82) is 0 Å². The molecule has 0 fully saturated rings. The van der Waals surface area contributed by atoms with Crippen molar-refractivity contribution in [2.24, 2.45) is 5.73 Å². The Bertz CT molecular complexity index is 686. The van der Waals surface area contributed by atoms with Gasteiger partial charge in [0.15, 0.2) is 0 Å². The lowest BCUT2D eigenvalue weighted by Gasteiger charge is -2.07. The second kappa shape index (κ2) is 6.74. The molecular formula is C15H11BrClNO3. The van der Waals surface area contributed by atoms with Crippen LogP contribution in [0.1, 0.15) is 26.3 Å². The third-order valence-corrected chi connectivity index (χ3v) is 3.58. The van der Waals surface area contributed by atoms with Gasteiger partial charge in [0.25, 0.3) is 0 Å². The van der Waals surface area contributed by atoms with Crippen molar-refractivity contribution >= 4 is 39.4 Å². The van der Waals surface area contributed by atoms with Gasteiger partial charge in [-0.1, -0.05) is 39.7 Å². The average molecular weight is 369 g/mol. The van der Waals surface area contributed by atoms with E-state index in [2.05, 4.69) is 15.9 Å². The highest BCUT2D eigenvalue weighted by Gasteiger charge is 2.12. The second-order valence-electron chi connectivity index (χ2n) is 4.26. The third-order valence-electron chi connectivity index (χ3n) is 2.76. The van der Waals surface area contributed by atoms with Gasteiger partial charge < -0.3 is 10.5 Å². The van der Waals surface area contributed by atoms with Crippen LogP contribution in [0.25, 0.3) is 0 Å². The Morgan fingerprint density at radius 3 is 2.43 bits per heavy atom. The number of esters is 1. The maximum absolute atomic E-state index is 12.0. The van der Waals surface area contributed by atoms with Gasteiger partial charge in [-0.2, -0.15) is 0 Å². The summed E-state index contributed by atoms with van der Waals surface area (Å²) in [6.07, 6.45) is 0. The Morgan fingerprint density at radius 1 is 1.14 bits per heavy atom. The van der Waals surface area contributed by atoms with Crippen LogP contribution in [0.15, 0.2) is 46.9 Å². The van der Waals surface area contributed by atoms with E-state index >= 15 is 0 Å². The highest BCUT2D eigenvalue weighted by atomic mass is 79.9. The molecule has 0 bridgehead atoms. The van der Waals surface area contributed by atoms with Gasteiger partial charge in [-0.25, -0.2) is 4.79 Å². The summed E-state index contributed by atoms with van der Waals surface area (Å²) in [5, 5.41) is 0.326. The molecule has 2 rings (SSSR count). The zero-order valence-electron chi connectivity index (χ0n) is 10.8. The molecule has 6 heteroatoms. The van der Waals surface area contributed by atoms with Crippen molar-refractivity contribution in [3.05, 3.63) is 68.7 Å². The van der Waals surface area contributed by atoms with Crippen molar-refractivity contribution in [1.82, 2.24) is 0 Å². The predicted octanol–water partition coefficient (Wildman–Crippen LogP) is 3.56. The number of carbonyl (C=O) groups is 2. The van der Waals surface area contributed by atoms with Gasteiger partial charge in [-0.15, -0.1) is 0 Å². The first-order chi connectivity index (χ1) is 9.97. The molecule has 0 radical (unpaired) electrons. The highest BCUT2D eigenvalue weighted by molar-refractivity contribution is 9.10. The minimum absolute atomic E-state index is 0.0840. The van der Waals surface area contributed by atoms with Crippen LogP contribution in [-0.4, -0.2) is 11.9 Å². The Kier molecular flexibility index (Phi) is 4.98. The first kappa shape index (κ1) is 15.5. The normalized spacial score (nSPS) is 10.2. The van der Waals surface area contributed by atoms with Gasteiger partial charge in [0.2, 0.25) is 5.91 Å². The first-order valence-corrected chi connectivity index (χ1v) is 7.15. The zero-order chi connectivity index (χ0) is 15.4. The van der Waals surface area contributed by atoms with E-state index in [1.807, 2.05) is 0 Å². The second-order valence-corrected chi connectivity index (χ2v) is 5.58. The molecule has 0 aliphatic rings. The molecule has 0 heterocycles. The number of hydrogen-bond donors (Lipinski definition) is 1. The van der Waals surface area contributed by atoms with Crippen LogP contribution in [0.5, 0.6) is 0 Å². The van der Waals surface area contributed by atoms with E-state index in [0.29, 0.717) is 16.1 Å². The molecule has 2 aromatic rings. The van der Waals surface area contributed by atoms with Crippen molar-refractivity contribution in [2.45, 2.75) is 6.61 Å². The number of halogens is 2. The van der Waals surface area contributed by atoms with Crippen molar-refractivity contribution in [2.75, 3.05) is 0 Å². The Balaban J connectivity index is 2.04. The number of hydrogen-bond acceptors (Lipinski definition) is 3.